The number of likely N-dealkylation sites (tertiary alicyclic amines) is 1. The fourth-order valence-corrected chi connectivity index (χ4v) is 3.28. The topological polar surface area (TPSA) is 74.8 Å². The number of rotatable bonds is 8. The highest BCUT2D eigenvalue weighted by molar-refractivity contribution is 5.92. The molecule has 1 N–H and O–H groups in total. The van der Waals surface area contributed by atoms with Crippen LogP contribution in [0.2, 0.25) is 0 Å². The van der Waals surface area contributed by atoms with Crippen LogP contribution in [0.15, 0.2) is 18.3 Å². The van der Waals surface area contributed by atoms with Gasteiger partial charge in [-0.15, -0.1) is 0 Å². The fourth-order valence-electron chi connectivity index (χ4n) is 3.28. The van der Waals surface area contributed by atoms with Gasteiger partial charge in [-0.25, -0.2) is 9.78 Å². The molecule has 2 rings (SSSR count). The van der Waals surface area contributed by atoms with Crippen molar-refractivity contribution in [3.63, 3.8) is 0 Å². The standard InChI is InChI=1S/C20H32N4O3/c1-4-11-23(12-5-2)19(25)18-8-7-17(15-21-18)22-16-9-13-24(14-10-16)20(26)27-6-3/h7-8,15-16,22H,4-6,9-14H2,1-3H3. The van der Waals surface area contributed by atoms with Crippen LogP contribution in [0.3, 0.4) is 0 Å². The van der Waals surface area contributed by atoms with Crippen LogP contribution in [0, 0.1) is 0 Å². The summed E-state index contributed by atoms with van der Waals surface area (Å²) < 4.78 is 5.05. The van der Waals surface area contributed by atoms with Crippen molar-refractivity contribution in [1.29, 1.82) is 0 Å². The summed E-state index contributed by atoms with van der Waals surface area (Å²) >= 11 is 0. The maximum Gasteiger partial charge on any atom is 0.409 e. The highest BCUT2D eigenvalue weighted by Crippen LogP contribution is 2.17. The monoisotopic (exact) mass is 376 g/mol. The Kier molecular flexibility index (Phi) is 8.36. The lowest BCUT2D eigenvalue weighted by Crippen LogP contribution is -2.42. The molecule has 7 heteroatoms. The third-order valence-corrected chi connectivity index (χ3v) is 4.65. The number of carbonyl (C=O) groups excluding carboxylic acids is 2. The Hall–Kier alpha value is -2.31. The Morgan fingerprint density at radius 2 is 1.85 bits per heavy atom. The molecule has 1 aliphatic rings. The maximum atomic E-state index is 12.6. The van der Waals surface area contributed by atoms with Gasteiger partial charge in [-0.2, -0.15) is 0 Å². The predicted octanol–water partition coefficient (Wildman–Crippen LogP) is 3.38. The van der Waals surface area contributed by atoms with E-state index >= 15 is 0 Å². The van der Waals surface area contributed by atoms with E-state index in [1.165, 1.54) is 0 Å². The summed E-state index contributed by atoms with van der Waals surface area (Å²) in [4.78, 5) is 32.3. The van der Waals surface area contributed by atoms with Gasteiger partial charge in [0.25, 0.3) is 5.91 Å². The van der Waals surface area contributed by atoms with Gasteiger partial charge >= 0.3 is 6.09 Å². The molecule has 1 saturated heterocycles. The lowest BCUT2D eigenvalue weighted by molar-refractivity contribution is 0.0749. The Balaban J connectivity index is 1.87. The molecule has 0 radical (unpaired) electrons. The van der Waals surface area contributed by atoms with Gasteiger partial charge in [-0.3, -0.25) is 4.79 Å². The van der Waals surface area contributed by atoms with Gasteiger partial charge in [0.2, 0.25) is 0 Å². The minimum atomic E-state index is -0.232. The van der Waals surface area contributed by atoms with Crippen molar-refractivity contribution in [2.75, 3.05) is 38.1 Å². The lowest BCUT2D eigenvalue weighted by Gasteiger charge is -2.32. The zero-order valence-electron chi connectivity index (χ0n) is 16.7. The minimum absolute atomic E-state index is 0.00649. The molecule has 2 heterocycles. The van der Waals surface area contributed by atoms with Crippen molar-refractivity contribution in [2.24, 2.45) is 0 Å². The summed E-state index contributed by atoms with van der Waals surface area (Å²) in [6, 6.07) is 3.99. The van der Waals surface area contributed by atoms with Gasteiger partial charge < -0.3 is 19.9 Å². The first-order chi connectivity index (χ1) is 13.1. The quantitative estimate of drug-likeness (QED) is 0.753. The second-order valence-corrected chi connectivity index (χ2v) is 6.83. The molecule has 0 atom stereocenters. The van der Waals surface area contributed by atoms with Crippen LogP contribution in [-0.2, 0) is 4.74 Å². The van der Waals surface area contributed by atoms with E-state index in [1.807, 2.05) is 17.9 Å². The first-order valence-corrected chi connectivity index (χ1v) is 10.0. The number of pyridine rings is 1. The summed E-state index contributed by atoms with van der Waals surface area (Å²) in [6.07, 6.45) is 5.09. The summed E-state index contributed by atoms with van der Waals surface area (Å²) in [5, 5.41) is 3.45. The molecule has 2 amide bonds. The lowest BCUT2D eigenvalue weighted by atomic mass is 10.1. The van der Waals surface area contributed by atoms with Crippen LogP contribution < -0.4 is 5.32 Å². The molecule has 7 nitrogen and oxygen atoms in total. The average Bonchev–Trinajstić information content (AvgIpc) is 2.68. The Bertz CT molecular complexity index is 592. The van der Waals surface area contributed by atoms with Gasteiger partial charge in [0.1, 0.15) is 5.69 Å². The molecule has 1 aromatic rings. The van der Waals surface area contributed by atoms with E-state index in [2.05, 4.69) is 24.1 Å². The number of carbonyl (C=O) groups is 2. The molecular weight excluding hydrogens is 344 g/mol. The third-order valence-electron chi connectivity index (χ3n) is 4.65. The second kappa shape index (κ2) is 10.7. The molecule has 0 aromatic carbocycles. The number of amides is 2. The first kappa shape index (κ1) is 21.0. The highest BCUT2D eigenvalue weighted by Gasteiger charge is 2.23. The molecule has 27 heavy (non-hydrogen) atoms. The number of ether oxygens (including phenoxy) is 1. The summed E-state index contributed by atoms with van der Waals surface area (Å²) in [7, 11) is 0. The Labute approximate surface area is 162 Å². The van der Waals surface area contributed by atoms with Crippen LogP contribution in [0.1, 0.15) is 56.9 Å². The number of aromatic nitrogens is 1. The second-order valence-electron chi connectivity index (χ2n) is 6.83. The summed E-state index contributed by atoms with van der Waals surface area (Å²) in [5.41, 5.74) is 1.39. The number of hydrogen-bond acceptors (Lipinski definition) is 5. The van der Waals surface area contributed by atoms with Crippen LogP contribution in [0.4, 0.5) is 10.5 Å². The maximum absolute atomic E-state index is 12.6. The summed E-state index contributed by atoms with van der Waals surface area (Å²) in [6.45, 7) is 9.25. The van der Waals surface area contributed by atoms with Gasteiger partial charge in [-0.05, 0) is 44.7 Å². The number of nitrogens with one attached hydrogen (secondary N) is 1. The zero-order chi connectivity index (χ0) is 19.6. The molecular formula is C20H32N4O3. The SMILES string of the molecule is CCCN(CCC)C(=O)c1ccc(NC2CCN(C(=O)OCC)CC2)cn1. The Morgan fingerprint density at radius 1 is 1.19 bits per heavy atom. The molecule has 1 aliphatic heterocycles. The van der Waals surface area contributed by atoms with Crippen molar-refractivity contribution in [2.45, 2.75) is 52.5 Å². The van der Waals surface area contributed by atoms with Crippen LogP contribution in [0.5, 0.6) is 0 Å². The Morgan fingerprint density at radius 3 is 2.37 bits per heavy atom. The molecule has 0 saturated carbocycles. The largest absolute Gasteiger partial charge is 0.450 e. The molecule has 1 fully saturated rings. The van der Waals surface area contributed by atoms with E-state index in [4.69, 9.17) is 4.74 Å². The number of hydrogen-bond donors (Lipinski definition) is 1. The normalized spacial score (nSPS) is 14.7. The highest BCUT2D eigenvalue weighted by atomic mass is 16.6. The molecule has 0 spiro atoms. The number of anilines is 1. The van der Waals surface area contributed by atoms with E-state index in [0.29, 0.717) is 25.4 Å². The zero-order valence-corrected chi connectivity index (χ0v) is 16.7. The van der Waals surface area contributed by atoms with Crippen molar-refractivity contribution >= 4 is 17.7 Å². The van der Waals surface area contributed by atoms with Crippen molar-refractivity contribution < 1.29 is 14.3 Å². The smallest absolute Gasteiger partial charge is 0.409 e. The molecule has 1 aromatic heterocycles. The van der Waals surface area contributed by atoms with E-state index in [1.54, 1.807) is 17.2 Å². The van der Waals surface area contributed by atoms with E-state index in [0.717, 1.165) is 44.5 Å². The van der Waals surface area contributed by atoms with Gasteiger partial charge in [0, 0.05) is 32.2 Å². The van der Waals surface area contributed by atoms with Gasteiger partial charge in [-0.1, -0.05) is 13.8 Å². The van der Waals surface area contributed by atoms with E-state index < -0.39 is 0 Å². The molecule has 0 unspecified atom stereocenters. The fraction of sp³-hybridized carbons (Fsp3) is 0.650. The van der Waals surface area contributed by atoms with Crippen LogP contribution in [-0.4, -0.2) is 65.6 Å². The summed E-state index contributed by atoms with van der Waals surface area (Å²) in [5.74, 6) is -0.00649. The third kappa shape index (κ3) is 6.12. The molecule has 0 aliphatic carbocycles. The van der Waals surface area contributed by atoms with Crippen molar-refractivity contribution in [1.82, 2.24) is 14.8 Å². The van der Waals surface area contributed by atoms with Crippen LogP contribution >= 0.6 is 0 Å². The van der Waals surface area contributed by atoms with E-state index in [-0.39, 0.29) is 18.0 Å². The number of piperidine rings is 1. The molecule has 0 bridgehead atoms. The minimum Gasteiger partial charge on any atom is -0.450 e. The van der Waals surface area contributed by atoms with Crippen molar-refractivity contribution in [3.05, 3.63) is 24.0 Å². The molecule has 150 valence electrons. The number of nitrogens with zero attached hydrogens (tertiary/aromatic N) is 3. The predicted molar refractivity (Wildman–Crippen MR) is 106 cm³/mol. The van der Waals surface area contributed by atoms with E-state index in [9.17, 15) is 9.59 Å². The first-order valence-electron chi connectivity index (χ1n) is 10.0. The van der Waals surface area contributed by atoms with Crippen molar-refractivity contribution in [3.8, 4) is 0 Å². The van der Waals surface area contributed by atoms with Crippen LogP contribution in [0.25, 0.3) is 0 Å². The average molecular weight is 377 g/mol. The van der Waals surface area contributed by atoms with Gasteiger partial charge in [0.05, 0.1) is 18.5 Å². The van der Waals surface area contributed by atoms with Gasteiger partial charge in [0.15, 0.2) is 0 Å².